The van der Waals surface area contributed by atoms with E-state index in [0.717, 1.165) is 83.5 Å². The van der Waals surface area contributed by atoms with Crippen LogP contribution in [0.1, 0.15) is 181 Å². The predicted molar refractivity (Wildman–Crippen MR) is 265 cm³/mol. The zero-order valence-corrected chi connectivity index (χ0v) is 39.3. The van der Waals surface area contributed by atoms with Gasteiger partial charge in [-0.2, -0.15) is 0 Å². The van der Waals surface area contributed by atoms with E-state index >= 15 is 0 Å². The first-order valence-electron chi connectivity index (χ1n) is 24.3. The lowest BCUT2D eigenvalue weighted by Gasteiger charge is -2.18. The normalized spacial score (nSPS) is 13.3. The van der Waals surface area contributed by atoms with Crippen molar-refractivity contribution < 1.29 is 28.6 Å². The van der Waals surface area contributed by atoms with Crippen LogP contribution in [0.3, 0.4) is 0 Å². The molecule has 0 aliphatic carbocycles. The largest absolute Gasteiger partial charge is 0.462 e. The summed E-state index contributed by atoms with van der Waals surface area (Å²) in [5.41, 5.74) is 0. The second kappa shape index (κ2) is 49.2. The fourth-order valence-corrected chi connectivity index (χ4v) is 5.98. The Morgan fingerprint density at radius 2 is 0.726 bits per heavy atom. The van der Waals surface area contributed by atoms with E-state index in [1.165, 1.54) is 44.9 Å². The Bertz CT molecular complexity index is 1400. The first kappa shape index (κ1) is 57.5. The summed E-state index contributed by atoms with van der Waals surface area (Å²) in [7, 11) is 0. The van der Waals surface area contributed by atoms with Gasteiger partial charge in [0.25, 0.3) is 0 Å². The molecule has 0 aliphatic heterocycles. The number of hydrogen-bond donors (Lipinski definition) is 0. The maximum atomic E-state index is 12.7. The van der Waals surface area contributed by atoms with Crippen LogP contribution in [0, 0.1) is 0 Å². The fourth-order valence-electron chi connectivity index (χ4n) is 5.98. The molecular formula is C56H86O6. The number of unbranched alkanes of at least 4 members (excludes halogenated alkanes) is 13. The molecule has 0 aliphatic rings. The van der Waals surface area contributed by atoms with Crippen molar-refractivity contribution in [2.24, 2.45) is 0 Å². The van der Waals surface area contributed by atoms with E-state index in [0.29, 0.717) is 25.7 Å². The zero-order chi connectivity index (χ0) is 45.1. The molecule has 0 radical (unpaired) electrons. The van der Waals surface area contributed by atoms with Gasteiger partial charge in [0.2, 0.25) is 0 Å². The lowest BCUT2D eigenvalue weighted by atomic mass is 10.1. The average Bonchev–Trinajstić information content (AvgIpc) is 3.27. The molecule has 0 aromatic heterocycles. The lowest BCUT2D eigenvalue weighted by molar-refractivity contribution is -0.167. The van der Waals surface area contributed by atoms with Crippen LogP contribution in [0.4, 0.5) is 0 Å². The molecule has 1 atom stereocenters. The van der Waals surface area contributed by atoms with Gasteiger partial charge < -0.3 is 14.2 Å². The smallest absolute Gasteiger partial charge is 0.306 e. The standard InChI is InChI=1S/C56H86O6/c1-4-7-10-13-16-19-22-24-26-28-30-32-34-37-40-43-46-49-55(58)61-52-53(51-60-54(57)48-45-42-39-36-21-18-15-12-9-6-3)62-56(59)50-47-44-41-38-35-33-31-29-27-25-23-20-17-14-11-8-5-2/h7-8,10-11,13,16-17,19-20,22,24-28,30-34,38,41,53H,4-6,9,12,14-15,18,21,23,29,35-37,39-40,42-52H2,1-3H3/b10-7-,11-8-,16-13-,20-17-,22-19-,26-24-,27-25-,30-28+,33-31-,34-32-,41-38-. The highest BCUT2D eigenvalue weighted by atomic mass is 16.6. The molecular weight excluding hydrogens is 769 g/mol. The maximum Gasteiger partial charge on any atom is 0.306 e. The van der Waals surface area contributed by atoms with Crippen LogP contribution in [0.2, 0.25) is 0 Å². The molecule has 0 saturated heterocycles. The quantitative estimate of drug-likeness (QED) is 0.0200. The lowest BCUT2D eigenvalue weighted by Crippen LogP contribution is -2.30. The van der Waals surface area contributed by atoms with Gasteiger partial charge in [0, 0.05) is 19.3 Å². The van der Waals surface area contributed by atoms with Gasteiger partial charge in [-0.05, 0) is 77.0 Å². The summed E-state index contributed by atoms with van der Waals surface area (Å²) >= 11 is 0. The summed E-state index contributed by atoms with van der Waals surface area (Å²) in [5.74, 6) is -1.04. The predicted octanol–water partition coefficient (Wildman–Crippen LogP) is 15.9. The van der Waals surface area contributed by atoms with E-state index in [1.54, 1.807) is 0 Å². The van der Waals surface area contributed by atoms with Crippen LogP contribution in [0.15, 0.2) is 134 Å². The molecule has 0 heterocycles. The number of carbonyl (C=O) groups is 3. The van der Waals surface area contributed by atoms with Crippen LogP contribution in [0.25, 0.3) is 0 Å². The van der Waals surface area contributed by atoms with Gasteiger partial charge in [-0.25, -0.2) is 0 Å². The van der Waals surface area contributed by atoms with E-state index in [1.807, 2.05) is 60.8 Å². The van der Waals surface area contributed by atoms with E-state index < -0.39 is 6.10 Å². The summed E-state index contributed by atoms with van der Waals surface area (Å²) in [5, 5.41) is 0. The van der Waals surface area contributed by atoms with Crippen molar-refractivity contribution in [3.8, 4) is 0 Å². The van der Waals surface area contributed by atoms with Gasteiger partial charge in [-0.15, -0.1) is 0 Å². The fraction of sp³-hybridized carbons (Fsp3) is 0.554. The molecule has 0 N–H and O–H groups in total. The average molecular weight is 855 g/mol. The number of ether oxygens (including phenoxy) is 3. The molecule has 0 saturated carbocycles. The Hall–Kier alpha value is -4.45. The van der Waals surface area contributed by atoms with E-state index in [9.17, 15) is 14.4 Å². The number of esters is 3. The zero-order valence-electron chi connectivity index (χ0n) is 39.3. The highest BCUT2D eigenvalue weighted by molar-refractivity contribution is 5.71. The van der Waals surface area contributed by atoms with E-state index in [-0.39, 0.29) is 37.5 Å². The molecule has 6 heteroatoms. The Morgan fingerprint density at radius 3 is 1.21 bits per heavy atom. The van der Waals surface area contributed by atoms with Crippen molar-refractivity contribution in [2.45, 2.75) is 187 Å². The van der Waals surface area contributed by atoms with Crippen molar-refractivity contribution in [2.75, 3.05) is 13.2 Å². The van der Waals surface area contributed by atoms with E-state index in [4.69, 9.17) is 14.2 Å². The van der Waals surface area contributed by atoms with Crippen LogP contribution in [-0.4, -0.2) is 37.2 Å². The molecule has 346 valence electrons. The number of rotatable bonds is 41. The third-order valence-corrected chi connectivity index (χ3v) is 9.56. The minimum Gasteiger partial charge on any atom is -0.462 e. The number of hydrogen-bond acceptors (Lipinski definition) is 6. The van der Waals surface area contributed by atoms with Crippen molar-refractivity contribution in [1.82, 2.24) is 0 Å². The molecule has 1 unspecified atom stereocenters. The molecule has 0 fully saturated rings. The molecule has 0 rings (SSSR count). The van der Waals surface area contributed by atoms with Crippen molar-refractivity contribution >= 4 is 17.9 Å². The van der Waals surface area contributed by atoms with Gasteiger partial charge >= 0.3 is 17.9 Å². The van der Waals surface area contributed by atoms with Crippen LogP contribution in [-0.2, 0) is 28.6 Å². The van der Waals surface area contributed by atoms with Gasteiger partial charge in [-0.3, -0.25) is 14.4 Å². The number of carbonyl (C=O) groups excluding carboxylic acids is 3. The molecule has 0 aromatic carbocycles. The van der Waals surface area contributed by atoms with Crippen LogP contribution in [0.5, 0.6) is 0 Å². The summed E-state index contributed by atoms with van der Waals surface area (Å²) < 4.78 is 16.7. The van der Waals surface area contributed by atoms with Crippen molar-refractivity contribution in [3.63, 3.8) is 0 Å². The first-order chi connectivity index (χ1) is 30.5. The Kier molecular flexibility index (Phi) is 45.7. The van der Waals surface area contributed by atoms with E-state index in [2.05, 4.69) is 93.7 Å². The van der Waals surface area contributed by atoms with Crippen molar-refractivity contribution in [1.29, 1.82) is 0 Å². The molecule has 0 spiro atoms. The molecule has 0 amide bonds. The Labute approximate surface area is 379 Å². The molecule has 6 nitrogen and oxygen atoms in total. The summed E-state index contributed by atoms with van der Waals surface area (Å²) in [6.45, 7) is 6.25. The molecule has 0 aromatic rings. The second-order valence-electron chi connectivity index (χ2n) is 15.4. The summed E-state index contributed by atoms with van der Waals surface area (Å²) in [6, 6.07) is 0. The van der Waals surface area contributed by atoms with Crippen molar-refractivity contribution in [3.05, 3.63) is 134 Å². The third kappa shape index (κ3) is 46.6. The molecule has 62 heavy (non-hydrogen) atoms. The van der Waals surface area contributed by atoms with Gasteiger partial charge in [-0.1, -0.05) is 219 Å². The topological polar surface area (TPSA) is 78.9 Å². The van der Waals surface area contributed by atoms with Crippen LogP contribution < -0.4 is 0 Å². The third-order valence-electron chi connectivity index (χ3n) is 9.56. The molecule has 0 bridgehead atoms. The first-order valence-corrected chi connectivity index (χ1v) is 24.3. The Morgan fingerprint density at radius 1 is 0.355 bits per heavy atom. The second-order valence-corrected chi connectivity index (χ2v) is 15.4. The highest BCUT2D eigenvalue weighted by Crippen LogP contribution is 2.13. The summed E-state index contributed by atoms with van der Waals surface area (Å²) in [4.78, 5) is 37.8. The monoisotopic (exact) mass is 855 g/mol. The minimum atomic E-state index is -0.828. The van der Waals surface area contributed by atoms with Gasteiger partial charge in [0.05, 0.1) is 0 Å². The maximum absolute atomic E-state index is 12.7. The Balaban J connectivity index is 4.59. The van der Waals surface area contributed by atoms with Gasteiger partial charge in [0.1, 0.15) is 13.2 Å². The number of allylic oxidation sites excluding steroid dienone is 22. The SMILES string of the molecule is CC\C=C/C=C\C=C/C=C\C=C\C=C/CCCCCC(=O)OCC(COC(=O)CCCCCCCCCCCC)OC(=O)CCC/C=C\C/C=C\C/C=C\C/C=C\C/C=C\CC. The minimum absolute atomic E-state index is 0.119. The summed E-state index contributed by atoms with van der Waals surface area (Å²) in [6.07, 6.45) is 68.6. The highest BCUT2D eigenvalue weighted by Gasteiger charge is 2.19. The van der Waals surface area contributed by atoms with Gasteiger partial charge in [0.15, 0.2) is 6.10 Å². The van der Waals surface area contributed by atoms with Crippen LogP contribution >= 0.6 is 0 Å².